The average Bonchev–Trinajstić information content (AvgIpc) is 2.66. The highest BCUT2D eigenvalue weighted by molar-refractivity contribution is 5.73. The number of hydrogen-bond acceptors (Lipinski definition) is 8. The Morgan fingerprint density at radius 3 is 1.87 bits per heavy atom. The molecule has 12 heteroatoms. The van der Waals surface area contributed by atoms with Gasteiger partial charge in [-0.15, -0.1) is 0 Å². The van der Waals surface area contributed by atoms with E-state index in [9.17, 15) is 34.5 Å². The maximum Gasteiger partial charge on any atom is 0.317 e. The van der Waals surface area contributed by atoms with Crippen LogP contribution in [0.4, 0.5) is 0 Å². The first-order valence-electron chi connectivity index (χ1n) is 10.4. The normalized spacial score (nSPS) is 16.9. The zero-order valence-corrected chi connectivity index (χ0v) is 17.7. The van der Waals surface area contributed by atoms with Crippen molar-refractivity contribution in [3.63, 3.8) is 0 Å². The van der Waals surface area contributed by atoms with Crippen LogP contribution in [-0.2, 0) is 19.2 Å². The third-order valence-corrected chi connectivity index (χ3v) is 5.59. The fourth-order valence-corrected chi connectivity index (χ4v) is 4.29. The molecule has 1 aliphatic rings. The van der Waals surface area contributed by atoms with Gasteiger partial charge in [-0.05, 0) is 25.8 Å². The molecule has 12 nitrogen and oxygen atoms in total. The second kappa shape index (κ2) is 13.2. The van der Waals surface area contributed by atoms with Gasteiger partial charge in [0, 0.05) is 24.7 Å². The summed E-state index contributed by atoms with van der Waals surface area (Å²) in [4.78, 5) is 48.6. The first-order valence-corrected chi connectivity index (χ1v) is 10.4. The number of rotatable bonds is 16. The Morgan fingerprint density at radius 1 is 0.871 bits per heavy atom. The minimum absolute atomic E-state index is 0.0435. The van der Waals surface area contributed by atoms with Crippen LogP contribution in [0.25, 0.3) is 0 Å². The predicted octanol–water partition coefficient (Wildman–Crippen LogP) is -1.06. The third kappa shape index (κ3) is 9.59. The van der Waals surface area contributed by atoms with Crippen molar-refractivity contribution in [2.45, 2.75) is 50.1 Å². The minimum atomic E-state index is -1.25. The van der Waals surface area contributed by atoms with E-state index in [2.05, 4.69) is 5.32 Å². The van der Waals surface area contributed by atoms with Crippen molar-refractivity contribution >= 4 is 23.9 Å². The lowest BCUT2D eigenvalue weighted by Gasteiger charge is -2.47. The number of carboxylic acids is 4. The maximum absolute atomic E-state index is 11.6. The molecule has 0 bridgehead atoms. The fourth-order valence-electron chi connectivity index (χ4n) is 4.29. The summed E-state index contributed by atoms with van der Waals surface area (Å²) in [7, 11) is 0. The number of nitrogens with two attached hydrogens (primary N) is 1. The Hall–Kier alpha value is -2.28. The Balaban J connectivity index is 3.33. The molecule has 1 unspecified atom stereocenters. The van der Waals surface area contributed by atoms with Gasteiger partial charge in [0.15, 0.2) is 0 Å². The van der Waals surface area contributed by atoms with Gasteiger partial charge in [0.2, 0.25) is 0 Å². The van der Waals surface area contributed by atoms with Gasteiger partial charge >= 0.3 is 23.9 Å². The molecule has 1 rings (SSSR count). The lowest BCUT2D eigenvalue weighted by atomic mass is 9.88. The summed E-state index contributed by atoms with van der Waals surface area (Å²) in [6.45, 7) is -1.84. The molecule has 1 atom stereocenters. The molecule has 0 aromatic heterocycles. The molecule has 7 N–H and O–H groups in total. The first-order chi connectivity index (χ1) is 14.6. The van der Waals surface area contributed by atoms with Crippen molar-refractivity contribution in [2.75, 3.05) is 45.8 Å². The van der Waals surface area contributed by atoms with E-state index in [1.54, 1.807) is 4.90 Å². The smallest absolute Gasteiger partial charge is 0.317 e. The molecule has 0 aromatic carbocycles. The van der Waals surface area contributed by atoms with Gasteiger partial charge in [0.05, 0.1) is 26.2 Å². The largest absolute Gasteiger partial charge is 0.480 e. The number of nitrogens with zero attached hydrogens (tertiary/aromatic N) is 2. The van der Waals surface area contributed by atoms with E-state index in [0.29, 0.717) is 0 Å². The lowest BCUT2D eigenvalue weighted by molar-refractivity contribution is -0.148. The van der Waals surface area contributed by atoms with Crippen molar-refractivity contribution < 1.29 is 39.6 Å². The van der Waals surface area contributed by atoms with E-state index in [4.69, 9.17) is 10.8 Å². The number of hydrogen-bond donors (Lipinski definition) is 6. The van der Waals surface area contributed by atoms with E-state index in [0.717, 1.165) is 32.1 Å². The Kier molecular flexibility index (Phi) is 11.4. The molecule has 0 spiro atoms. The second-order valence-electron chi connectivity index (χ2n) is 7.99. The molecule has 1 aliphatic carbocycles. The van der Waals surface area contributed by atoms with Crippen LogP contribution in [0.3, 0.4) is 0 Å². The Morgan fingerprint density at radius 2 is 1.42 bits per heavy atom. The van der Waals surface area contributed by atoms with E-state index in [-0.39, 0.29) is 38.6 Å². The summed E-state index contributed by atoms with van der Waals surface area (Å²) in [5.41, 5.74) is 4.61. The zero-order valence-electron chi connectivity index (χ0n) is 17.7. The SMILES string of the molecule is NCCC(CNCC(=O)O)(CN(CC(=O)O)C1CCCCC1)N(CC(=O)O)CC(=O)O. The van der Waals surface area contributed by atoms with E-state index in [1.165, 1.54) is 4.90 Å². The molecular weight excluding hydrogens is 412 g/mol. The number of nitrogens with one attached hydrogen (secondary N) is 1. The first kappa shape index (κ1) is 26.8. The van der Waals surface area contributed by atoms with E-state index < -0.39 is 49.1 Å². The van der Waals surface area contributed by atoms with Crippen LogP contribution in [0, 0.1) is 0 Å². The Bertz CT molecular complexity index is 610. The summed E-state index contributed by atoms with van der Waals surface area (Å²) in [5, 5.41) is 40.0. The second-order valence-corrected chi connectivity index (χ2v) is 7.99. The number of aliphatic carboxylic acids is 4. The topological polar surface area (TPSA) is 194 Å². The van der Waals surface area contributed by atoms with Crippen molar-refractivity contribution in [1.29, 1.82) is 0 Å². The monoisotopic (exact) mass is 446 g/mol. The van der Waals surface area contributed by atoms with Crippen LogP contribution in [-0.4, -0.2) is 111 Å². The quantitative estimate of drug-likeness (QED) is 0.168. The average molecular weight is 447 g/mol. The van der Waals surface area contributed by atoms with Gasteiger partial charge in [-0.2, -0.15) is 0 Å². The van der Waals surface area contributed by atoms with Crippen molar-refractivity contribution in [3.8, 4) is 0 Å². The van der Waals surface area contributed by atoms with Crippen LogP contribution < -0.4 is 11.1 Å². The van der Waals surface area contributed by atoms with Gasteiger partial charge in [0.25, 0.3) is 0 Å². The highest BCUT2D eigenvalue weighted by atomic mass is 16.4. The molecule has 0 saturated heterocycles. The highest BCUT2D eigenvalue weighted by Crippen LogP contribution is 2.27. The highest BCUT2D eigenvalue weighted by Gasteiger charge is 2.41. The van der Waals surface area contributed by atoms with Gasteiger partial charge in [-0.25, -0.2) is 0 Å². The van der Waals surface area contributed by atoms with Crippen molar-refractivity contribution in [2.24, 2.45) is 5.73 Å². The van der Waals surface area contributed by atoms with Crippen molar-refractivity contribution in [3.05, 3.63) is 0 Å². The van der Waals surface area contributed by atoms with Crippen LogP contribution >= 0.6 is 0 Å². The van der Waals surface area contributed by atoms with Gasteiger partial charge < -0.3 is 31.5 Å². The number of carbonyl (C=O) groups is 4. The standard InChI is InChI=1S/C19H34N4O8/c20-7-6-19(12-21-8-15(24)25,23(10-17(28)29)11-18(30)31)13-22(9-16(26)27)14-4-2-1-3-5-14/h14,21H,1-13,20H2,(H,24,25)(H,26,27)(H,28,29)(H,30,31). The van der Waals surface area contributed by atoms with Crippen LogP contribution in [0.1, 0.15) is 38.5 Å². The van der Waals surface area contributed by atoms with E-state index in [1.807, 2.05) is 0 Å². The fraction of sp³-hybridized carbons (Fsp3) is 0.789. The van der Waals surface area contributed by atoms with E-state index >= 15 is 0 Å². The molecule has 1 fully saturated rings. The van der Waals surface area contributed by atoms with Gasteiger partial charge in [-0.3, -0.25) is 29.0 Å². The third-order valence-electron chi connectivity index (χ3n) is 5.59. The molecule has 0 aliphatic heterocycles. The molecular formula is C19H34N4O8. The zero-order chi connectivity index (χ0) is 23.4. The molecule has 1 saturated carbocycles. The summed E-state index contributed by atoms with van der Waals surface area (Å²) >= 11 is 0. The maximum atomic E-state index is 11.6. The number of carboxylic acid groups (broad SMARTS) is 4. The summed E-state index contributed by atoms with van der Waals surface area (Å²) in [5.74, 6) is -4.67. The molecule has 0 radical (unpaired) electrons. The molecule has 178 valence electrons. The summed E-state index contributed by atoms with van der Waals surface area (Å²) < 4.78 is 0. The van der Waals surface area contributed by atoms with Crippen molar-refractivity contribution in [1.82, 2.24) is 15.1 Å². The minimum Gasteiger partial charge on any atom is -0.480 e. The summed E-state index contributed by atoms with van der Waals surface area (Å²) in [6, 6.07) is -0.0435. The van der Waals surface area contributed by atoms with Crippen LogP contribution in [0.5, 0.6) is 0 Å². The predicted molar refractivity (Wildman–Crippen MR) is 110 cm³/mol. The van der Waals surface area contributed by atoms with Crippen LogP contribution in [0.15, 0.2) is 0 Å². The Labute approximate surface area is 181 Å². The molecule has 0 amide bonds. The van der Waals surface area contributed by atoms with Gasteiger partial charge in [0.1, 0.15) is 0 Å². The van der Waals surface area contributed by atoms with Gasteiger partial charge in [-0.1, -0.05) is 19.3 Å². The van der Waals surface area contributed by atoms with Crippen LogP contribution in [0.2, 0.25) is 0 Å². The molecule has 31 heavy (non-hydrogen) atoms. The molecule has 0 aromatic rings. The lowest BCUT2D eigenvalue weighted by Crippen LogP contribution is -2.65. The summed E-state index contributed by atoms with van der Waals surface area (Å²) in [6.07, 6.45) is 4.66. The molecule has 0 heterocycles.